The topological polar surface area (TPSA) is 80.7 Å². The number of aliphatic hydroxyl groups is 1. The number of ketones is 2. The molecule has 0 radical (unpaired) electrons. The summed E-state index contributed by atoms with van der Waals surface area (Å²) in [6.07, 6.45) is 6.13. The minimum Gasteiger partial charge on any atom is -0.450 e. The van der Waals surface area contributed by atoms with Crippen LogP contribution in [0.2, 0.25) is 0 Å². The molecular weight excluding hydrogens is 447 g/mol. The third-order valence-electron chi connectivity index (χ3n) is 9.89. The quantitative estimate of drug-likeness (QED) is 0.486. The molecule has 7 heteroatoms. The minimum atomic E-state index is -1.99. The van der Waals surface area contributed by atoms with Crippen molar-refractivity contribution < 1.29 is 28.6 Å². The van der Waals surface area contributed by atoms with Crippen molar-refractivity contribution in [2.45, 2.75) is 76.7 Å². The average molecular weight is 479 g/mol. The van der Waals surface area contributed by atoms with E-state index in [1.54, 1.807) is 13.0 Å². The number of halogens is 2. The van der Waals surface area contributed by atoms with Crippen molar-refractivity contribution in [3.63, 3.8) is 0 Å². The van der Waals surface area contributed by atoms with Crippen LogP contribution in [0.15, 0.2) is 23.8 Å². The van der Waals surface area contributed by atoms with Crippen LogP contribution in [-0.2, 0) is 19.1 Å². The van der Waals surface area contributed by atoms with Crippen molar-refractivity contribution in [2.24, 2.45) is 34.5 Å². The van der Waals surface area contributed by atoms with Crippen LogP contribution in [0, 0.1) is 34.5 Å². The minimum absolute atomic E-state index is 0.0137. The highest BCUT2D eigenvalue weighted by atomic mass is 35.5. The first kappa shape index (κ1) is 23.2. The Balaban J connectivity index is 1.61. The summed E-state index contributed by atoms with van der Waals surface area (Å²) >= 11 is 6.06. The molecule has 0 aliphatic heterocycles. The molecule has 1 N–H and O–H groups in total. The fourth-order valence-electron chi connectivity index (χ4n) is 8.06. The lowest BCUT2D eigenvalue weighted by molar-refractivity contribution is -0.227. The monoisotopic (exact) mass is 478 g/mol. The van der Waals surface area contributed by atoms with Crippen molar-refractivity contribution in [1.82, 2.24) is 0 Å². The molecule has 5 rings (SSSR count). The third kappa shape index (κ3) is 2.77. The van der Waals surface area contributed by atoms with E-state index in [0.29, 0.717) is 24.8 Å². The average Bonchev–Trinajstić information content (AvgIpc) is 3.58. The summed E-state index contributed by atoms with van der Waals surface area (Å²) in [6, 6.07) is 0. The van der Waals surface area contributed by atoms with E-state index in [9.17, 15) is 19.5 Å². The van der Waals surface area contributed by atoms with Gasteiger partial charge in [-0.05, 0) is 63.5 Å². The highest BCUT2D eigenvalue weighted by Gasteiger charge is 2.77. The predicted octanol–water partition coefficient (Wildman–Crippen LogP) is 4.10. The lowest BCUT2D eigenvalue weighted by Gasteiger charge is -2.62. The van der Waals surface area contributed by atoms with Gasteiger partial charge in [0, 0.05) is 22.7 Å². The standard InChI is InChI=1S/C26H32ClFO5/c1-14-10-19-18-7-6-16-11-17(29)8-9-23(16,2)25(18,28)20(30)12-24(19,3)26(14,21(31)13-27)33-22(32)15-4-5-15/h8-9,11,14-15,18-20,30H,4-7,10,12-13H2,1-3H3/t14-,18-,19-,20-,23-,24-,25-,26-/m0/s1. The molecule has 0 aromatic rings. The van der Waals surface area contributed by atoms with Gasteiger partial charge >= 0.3 is 5.97 Å². The van der Waals surface area contributed by atoms with Crippen LogP contribution in [0.5, 0.6) is 0 Å². The zero-order chi connectivity index (χ0) is 24.0. The van der Waals surface area contributed by atoms with Crippen LogP contribution in [-0.4, -0.2) is 45.9 Å². The van der Waals surface area contributed by atoms with Gasteiger partial charge in [-0.1, -0.05) is 25.5 Å². The van der Waals surface area contributed by atoms with Crippen LogP contribution in [0.25, 0.3) is 0 Å². The zero-order valence-electron chi connectivity index (χ0n) is 19.4. The Morgan fingerprint density at radius 2 is 1.94 bits per heavy atom. The van der Waals surface area contributed by atoms with Crippen molar-refractivity contribution in [2.75, 3.05) is 5.88 Å². The molecule has 180 valence electrons. The van der Waals surface area contributed by atoms with Crippen LogP contribution >= 0.6 is 11.6 Å². The van der Waals surface area contributed by atoms with E-state index >= 15 is 4.39 Å². The van der Waals surface area contributed by atoms with E-state index in [0.717, 1.165) is 12.8 Å². The van der Waals surface area contributed by atoms with E-state index < -0.39 is 34.1 Å². The molecular formula is C26H32ClFO5. The Morgan fingerprint density at radius 3 is 2.58 bits per heavy atom. The number of hydrogen-bond donors (Lipinski definition) is 1. The summed E-state index contributed by atoms with van der Waals surface area (Å²) in [7, 11) is 0. The Kier molecular flexibility index (Phi) is 5.09. The molecule has 0 spiro atoms. The lowest BCUT2D eigenvalue weighted by atomic mass is 9.44. The van der Waals surface area contributed by atoms with Crippen LogP contribution in [0.3, 0.4) is 0 Å². The first-order valence-corrected chi connectivity index (χ1v) is 12.6. The fourth-order valence-corrected chi connectivity index (χ4v) is 8.26. The van der Waals surface area contributed by atoms with Crippen molar-refractivity contribution >= 4 is 29.1 Å². The second-order valence-electron chi connectivity index (χ2n) is 11.4. The number of carbonyl (C=O) groups is 3. The molecule has 0 bridgehead atoms. The van der Waals surface area contributed by atoms with Gasteiger partial charge in [-0.2, -0.15) is 0 Å². The Morgan fingerprint density at radius 1 is 1.24 bits per heavy atom. The molecule has 0 unspecified atom stereocenters. The molecule has 5 aliphatic rings. The number of fused-ring (bicyclic) bond motifs is 5. The highest BCUT2D eigenvalue weighted by Crippen LogP contribution is 2.71. The van der Waals surface area contributed by atoms with E-state index in [4.69, 9.17) is 16.3 Å². The molecule has 0 aromatic carbocycles. The van der Waals surface area contributed by atoms with E-state index in [-0.39, 0.29) is 47.6 Å². The van der Waals surface area contributed by atoms with Gasteiger partial charge in [0.2, 0.25) is 0 Å². The highest BCUT2D eigenvalue weighted by molar-refractivity contribution is 6.29. The SMILES string of the molecule is C[C@H]1C[C@H]2[C@@H]3CCC4=CC(=O)C=C[C@]4(C)[C@@]3(F)[C@@H](O)C[C@]2(C)[C@@]1(OC(=O)C1CC1)C(=O)CCl. The zero-order valence-corrected chi connectivity index (χ0v) is 20.2. The maximum atomic E-state index is 17.3. The second-order valence-corrected chi connectivity index (χ2v) is 11.7. The smallest absolute Gasteiger partial charge is 0.309 e. The predicted molar refractivity (Wildman–Crippen MR) is 120 cm³/mol. The molecule has 0 aromatic heterocycles. The van der Waals surface area contributed by atoms with Gasteiger partial charge in [-0.3, -0.25) is 14.4 Å². The summed E-state index contributed by atoms with van der Waals surface area (Å²) in [5.74, 6) is -2.57. The molecule has 8 atom stereocenters. The van der Waals surface area contributed by atoms with Gasteiger partial charge in [0.05, 0.1) is 17.9 Å². The second kappa shape index (κ2) is 7.24. The Bertz CT molecular complexity index is 987. The van der Waals surface area contributed by atoms with Gasteiger partial charge in [0.1, 0.15) is 0 Å². The van der Waals surface area contributed by atoms with Crippen molar-refractivity contribution in [3.05, 3.63) is 23.8 Å². The summed E-state index contributed by atoms with van der Waals surface area (Å²) in [5, 5.41) is 11.5. The maximum absolute atomic E-state index is 17.3. The number of allylic oxidation sites excluding steroid dienone is 4. The van der Waals surface area contributed by atoms with Crippen LogP contribution in [0.4, 0.5) is 4.39 Å². The number of esters is 1. The fraction of sp³-hybridized carbons (Fsp3) is 0.731. The Hall–Kier alpha value is -1.53. The molecule has 0 amide bonds. The maximum Gasteiger partial charge on any atom is 0.309 e. The van der Waals surface area contributed by atoms with Gasteiger partial charge in [0.15, 0.2) is 22.8 Å². The summed E-state index contributed by atoms with van der Waals surface area (Å²) in [4.78, 5) is 38.3. The normalized spacial score (nSPS) is 48.4. The van der Waals surface area contributed by atoms with E-state index in [1.165, 1.54) is 12.2 Å². The van der Waals surface area contributed by atoms with Gasteiger partial charge in [0.25, 0.3) is 0 Å². The molecule has 33 heavy (non-hydrogen) atoms. The number of aliphatic hydroxyl groups excluding tert-OH is 1. The third-order valence-corrected chi connectivity index (χ3v) is 10.1. The van der Waals surface area contributed by atoms with Crippen LogP contribution < -0.4 is 0 Å². The van der Waals surface area contributed by atoms with Crippen LogP contribution in [0.1, 0.15) is 59.3 Å². The molecule has 0 saturated heterocycles. The number of rotatable bonds is 4. The van der Waals surface area contributed by atoms with Crippen molar-refractivity contribution in [1.29, 1.82) is 0 Å². The molecule has 4 fully saturated rings. The number of Topliss-reactive ketones (excluding diaryl/α,β-unsaturated/α-hetero) is 1. The summed E-state index contributed by atoms with van der Waals surface area (Å²) < 4.78 is 23.3. The first-order chi connectivity index (χ1) is 15.5. The van der Waals surface area contributed by atoms with Gasteiger partial charge < -0.3 is 9.84 Å². The van der Waals surface area contributed by atoms with E-state index in [1.807, 2.05) is 13.8 Å². The van der Waals surface area contributed by atoms with Gasteiger partial charge in [-0.15, -0.1) is 11.6 Å². The number of alkyl halides is 2. The summed E-state index contributed by atoms with van der Waals surface area (Å²) in [6.45, 7) is 5.53. The number of hydrogen-bond acceptors (Lipinski definition) is 5. The first-order valence-electron chi connectivity index (χ1n) is 12.1. The summed E-state index contributed by atoms with van der Waals surface area (Å²) in [5.41, 5.74) is -4.78. The number of carbonyl (C=O) groups excluding carboxylic acids is 3. The molecule has 5 aliphatic carbocycles. The van der Waals surface area contributed by atoms with Crippen molar-refractivity contribution in [3.8, 4) is 0 Å². The molecule has 5 nitrogen and oxygen atoms in total. The largest absolute Gasteiger partial charge is 0.450 e. The van der Waals surface area contributed by atoms with Gasteiger partial charge in [-0.25, -0.2) is 4.39 Å². The molecule has 0 heterocycles. The number of ether oxygens (including phenoxy) is 1. The van der Waals surface area contributed by atoms with E-state index in [2.05, 4.69) is 0 Å². The molecule has 4 saturated carbocycles. The lowest BCUT2D eigenvalue weighted by Crippen LogP contribution is -2.70. The Labute approximate surface area is 198 Å².